The Morgan fingerprint density at radius 3 is 2.68 bits per heavy atom. The number of nitrogens with two attached hydrogens (primary N) is 1. The molecule has 0 bridgehead atoms. The van der Waals surface area contributed by atoms with Crippen LogP contribution in [0.5, 0.6) is 0 Å². The Morgan fingerprint density at radius 2 is 1.79 bits per heavy atom. The summed E-state index contributed by atoms with van der Waals surface area (Å²) < 4.78 is 0.993. The molecule has 0 amide bonds. The molecule has 92 valence electrons. The minimum Gasteiger partial charge on any atom is -0.369 e. The predicted molar refractivity (Wildman–Crippen MR) is 86.0 cm³/mol. The molecule has 19 heavy (non-hydrogen) atoms. The van der Waals surface area contributed by atoms with Gasteiger partial charge in [-0.2, -0.15) is 0 Å². The van der Waals surface area contributed by atoms with Crippen molar-refractivity contribution >= 4 is 61.2 Å². The summed E-state index contributed by atoms with van der Waals surface area (Å²) in [4.78, 5) is 12.1. The monoisotopic (exact) mass is 360 g/mol. The van der Waals surface area contributed by atoms with E-state index in [-0.39, 0.29) is 0 Å². The number of halogens is 1. The van der Waals surface area contributed by atoms with Gasteiger partial charge in [-0.3, -0.25) is 0 Å². The van der Waals surface area contributed by atoms with Crippen molar-refractivity contribution in [2.45, 2.75) is 0 Å². The van der Waals surface area contributed by atoms with E-state index in [4.69, 9.17) is 5.73 Å². The van der Waals surface area contributed by atoms with Gasteiger partial charge >= 0.3 is 0 Å². The third-order valence-electron chi connectivity index (χ3n) is 3.28. The van der Waals surface area contributed by atoms with Crippen LogP contribution in [0.4, 0.5) is 5.95 Å². The van der Waals surface area contributed by atoms with Crippen LogP contribution in [0.15, 0.2) is 36.4 Å². The van der Waals surface area contributed by atoms with Gasteiger partial charge in [-0.15, -0.1) is 0 Å². The molecule has 2 aromatic heterocycles. The zero-order valence-electron chi connectivity index (χ0n) is 9.81. The van der Waals surface area contributed by atoms with Gasteiger partial charge in [0.25, 0.3) is 0 Å². The molecule has 4 rings (SSSR count). The third kappa shape index (κ3) is 1.51. The van der Waals surface area contributed by atoms with Gasteiger partial charge in [-0.25, -0.2) is 9.97 Å². The lowest BCUT2D eigenvalue weighted by Gasteiger charge is -2.04. The fourth-order valence-electron chi connectivity index (χ4n) is 2.47. The number of rotatable bonds is 0. The van der Waals surface area contributed by atoms with E-state index in [9.17, 15) is 0 Å². The average molecular weight is 360 g/mol. The minimum atomic E-state index is 0.426. The van der Waals surface area contributed by atoms with E-state index >= 15 is 0 Å². The Morgan fingerprint density at radius 1 is 0.947 bits per heavy atom. The number of H-pyrrole nitrogens is 1. The lowest BCUT2D eigenvalue weighted by Crippen LogP contribution is -1.97. The van der Waals surface area contributed by atoms with Gasteiger partial charge in [0, 0.05) is 16.2 Å². The van der Waals surface area contributed by atoms with Crippen molar-refractivity contribution in [3.63, 3.8) is 0 Å². The topological polar surface area (TPSA) is 67.6 Å². The molecule has 0 fully saturated rings. The molecule has 0 radical (unpaired) electrons. The first-order chi connectivity index (χ1) is 9.24. The first-order valence-corrected chi connectivity index (χ1v) is 6.94. The number of aromatic nitrogens is 3. The van der Waals surface area contributed by atoms with Crippen molar-refractivity contribution in [2.24, 2.45) is 0 Å². The van der Waals surface area contributed by atoms with E-state index in [1.807, 2.05) is 30.3 Å². The van der Waals surface area contributed by atoms with Crippen molar-refractivity contribution in [2.75, 3.05) is 5.73 Å². The van der Waals surface area contributed by atoms with Gasteiger partial charge in [0.1, 0.15) is 0 Å². The maximum atomic E-state index is 5.84. The summed E-state index contributed by atoms with van der Waals surface area (Å²) in [5, 5.41) is 3.27. The molecule has 4 aromatic rings. The number of para-hydroxylation sites is 1. The molecule has 0 atom stereocenters. The number of nitrogens with one attached hydrogen (secondary N) is 1. The normalized spacial score (nSPS) is 11.6. The van der Waals surface area contributed by atoms with Crippen LogP contribution in [-0.4, -0.2) is 15.0 Å². The zero-order chi connectivity index (χ0) is 13.0. The second-order valence-electron chi connectivity index (χ2n) is 4.42. The third-order valence-corrected chi connectivity index (χ3v) is 4.13. The fraction of sp³-hybridized carbons (Fsp3) is 0. The largest absolute Gasteiger partial charge is 0.369 e. The molecular weight excluding hydrogens is 351 g/mol. The molecule has 2 heterocycles. The van der Waals surface area contributed by atoms with E-state index in [0.717, 1.165) is 36.4 Å². The maximum absolute atomic E-state index is 5.84. The molecule has 4 nitrogen and oxygen atoms in total. The summed E-state index contributed by atoms with van der Waals surface area (Å²) in [5.41, 5.74) is 8.70. The Kier molecular flexibility index (Phi) is 2.20. The summed E-state index contributed by atoms with van der Waals surface area (Å²) >= 11 is 2.24. The van der Waals surface area contributed by atoms with Crippen molar-refractivity contribution < 1.29 is 0 Å². The molecule has 0 spiro atoms. The number of benzene rings is 2. The highest BCUT2D eigenvalue weighted by Gasteiger charge is 2.12. The number of anilines is 1. The smallest absolute Gasteiger partial charge is 0.198 e. The SMILES string of the molecule is Nc1nc2c(ccc3nc4ccccc4c32)c(I)[nH]1. The summed E-state index contributed by atoms with van der Waals surface area (Å²) in [5.74, 6) is 0.426. The second-order valence-corrected chi connectivity index (χ2v) is 5.50. The van der Waals surface area contributed by atoms with Crippen LogP contribution >= 0.6 is 22.6 Å². The maximum Gasteiger partial charge on any atom is 0.198 e. The van der Waals surface area contributed by atoms with Crippen LogP contribution < -0.4 is 5.73 Å². The molecule has 0 saturated heterocycles. The van der Waals surface area contributed by atoms with E-state index in [1.165, 1.54) is 0 Å². The van der Waals surface area contributed by atoms with Crippen molar-refractivity contribution in [1.82, 2.24) is 15.0 Å². The molecule has 3 N–H and O–H groups in total. The molecule has 0 aliphatic carbocycles. The Bertz CT molecular complexity index is 942. The average Bonchev–Trinajstić information content (AvgIpc) is 2.77. The number of nitrogens with zero attached hydrogens (tertiary/aromatic N) is 2. The van der Waals surface area contributed by atoms with Crippen molar-refractivity contribution in [1.29, 1.82) is 0 Å². The van der Waals surface area contributed by atoms with Crippen LogP contribution in [-0.2, 0) is 0 Å². The van der Waals surface area contributed by atoms with E-state index < -0.39 is 0 Å². The molecule has 0 aliphatic heterocycles. The molecule has 0 aliphatic rings. The van der Waals surface area contributed by atoms with Crippen LogP contribution in [0.3, 0.4) is 0 Å². The second kappa shape index (κ2) is 3.80. The van der Waals surface area contributed by atoms with Gasteiger partial charge < -0.3 is 10.7 Å². The van der Waals surface area contributed by atoms with Gasteiger partial charge in [-0.1, -0.05) is 18.2 Å². The predicted octanol–water partition coefficient (Wildman–Crippen LogP) is 3.45. The Hall–Kier alpha value is -1.89. The first-order valence-electron chi connectivity index (χ1n) is 5.86. The first kappa shape index (κ1) is 11.0. The number of nitrogen functional groups attached to an aromatic ring is 1. The molecule has 2 aromatic carbocycles. The van der Waals surface area contributed by atoms with E-state index in [2.05, 4.69) is 43.6 Å². The summed E-state index contributed by atoms with van der Waals surface area (Å²) in [6.45, 7) is 0. The minimum absolute atomic E-state index is 0.426. The van der Waals surface area contributed by atoms with Crippen LogP contribution in [0, 0.1) is 3.70 Å². The number of fused-ring (bicyclic) bond motifs is 5. The van der Waals surface area contributed by atoms with Gasteiger partial charge in [0.05, 0.1) is 20.3 Å². The Labute approximate surface area is 122 Å². The van der Waals surface area contributed by atoms with Crippen molar-refractivity contribution in [3.8, 4) is 0 Å². The number of hydrogen-bond acceptors (Lipinski definition) is 3. The summed E-state index contributed by atoms with van der Waals surface area (Å²) in [6, 6.07) is 12.2. The molecule has 0 unspecified atom stereocenters. The lowest BCUT2D eigenvalue weighted by molar-refractivity contribution is 1.21. The van der Waals surface area contributed by atoms with Gasteiger partial charge in [-0.05, 0) is 40.8 Å². The Balaban J connectivity index is 2.36. The highest BCUT2D eigenvalue weighted by molar-refractivity contribution is 14.1. The van der Waals surface area contributed by atoms with Gasteiger partial charge in [0.15, 0.2) is 5.95 Å². The highest BCUT2D eigenvalue weighted by atomic mass is 127. The standard InChI is InChI=1S/C14H9IN4/c15-13-8-5-6-10-11(12(8)18-14(16)19-13)7-3-1-2-4-9(7)17-10/h1-6H,(H3,16,18,19). The quantitative estimate of drug-likeness (QED) is 0.373. The van der Waals surface area contributed by atoms with Crippen molar-refractivity contribution in [3.05, 3.63) is 40.1 Å². The van der Waals surface area contributed by atoms with E-state index in [1.54, 1.807) is 0 Å². The molecule has 5 heteroatoms. The summed E-state index contributed by atoms with van der Waals surface area (Å²) in [6.07, 6.45) is 0. The van der Waals surface area contributed by atoms with Crippen LogP contribution in [0.2, 0.25) is 0 Å². The number of aromatic amines is 1. The van der Waals surface area contributed by atoms with E-state index in [0.29, 0.717) is 5.95 Å². The number of hydrogen-bond donors (Lipinski definition) is 2. The summed E-state index contributed by atoms with van der Waals surface area (Å²) in [7, 11) is 0. The molecule has 0 saturated carbocycles. The van der Waals surface area contributed by atoms with Gasteiger partial charge in [0.2, 0.25) is 0 Å². The van der Waals surface area contributed by atoms with Crippen LogP contribution in [0.1, 0.15) is 0 Å². The highest BCUT2D eigenvalue weighted by Crippen LogP contribution is 2.32. The van der Waals surface area contributed by atoms with Crippen LogP contribution in [0.25, 0.3) is 32.7 Å². The lowest BCUT2D eigenvalue weighted by atomic mass is 10.1. The fourth-order valence-corrected chi connectivity index (χ4v) is 3.18. The molecular formula is C14H9IN4. The zero-order valence-corrected chi connectivity index (χ0v) is 12.0.